The lowest BCUT2D eigenvalue weighted by molar-refractivity contribution is -0.137. The van der Waals surface area contributed by atoms with E-state index in [1.165, 1.54) is 0 Å². The van der Waals surface area contributed by atoms with Gasteiger partial charge in [-0.25, -0.2) is 0 Å². The third-order valence-corrected chi connectivity index (χ3v) is 2.53. The van der Waals surface area contributed by atoms with Gasteiger partial charge in [0.1, 0.15) is 5.60 Å². The lowest BCUT2D eigenvalue weighted by Crippen LogP contribution is -2.34. The molecule has 0 amide bonds. The third kappa shape index (κ3) is 2.57. The van der Waals surface area contributed by atoms with Crippen molar-refractivity contribution in [3.63, 3.8) is 0 Å². The Hall–Kier alpha value is -0.810. The molecule has 0 saturated carbocycles. The van der Waals surface area contributed by atoms with E-state index in [0.717, 1.165) is 25.9 Å². The smallest absolute Gasteiger partial charge is 0.164 e. The van der Waals surface area contributed by atoms with Gasteiger partial charge in [0, 0.05) is 19.4 Å². The van der Waals surface area contributed by atoms with E-state index in [2.05, 4.69) is 5.92 Å². The molecule has 1 rings (SSSR count). The van der Waals surface area contributed by atoms with Crippen LogP contribution in [0.25, 0.3) is 0 Å². The number of terminal acetylenes is 1. The summed E-state index contributed by atoms with van der Waals surface area (Å²) in [5.41, 5.74) is -0.505. The minimum atomic E-state index is -0.505. The highest BCUT2D eigenvalue weighted by atomic mass is 16.5. The summed E-state index contributed by atoms with van der Waals surface area (Å²) in [5.74, 6) is 2.74. The maximum atomic E-state index is 11.6. The lowest BCUT2D eigenvalue weighted by Gasteiger charge is -2.20. The molecule has 0 bridgehead atoms. The molecular weight excluding hydrogens is 164 g/mol. The molecule has 1 saturated heterocycles. The molecule has 1 aliphatic rings. The molecular formula is C11H16O2. The van der Waals surface area contributed by atoms with Gasteiger partial charge in [0.05, 0.1) is 0 Å². The zero-order chi connectivity index (χ0) is 9.73. The van der Waals surface area contributed by atoms with Crippen LogP contribution in [-0.4, -0.2) is 18.0 Å². The Bertz CT molecular complexity index is 219. The Morgan fingerprint density at radius 2 is 2.46 bits per heavy atom. The molecule has 0 aromatic heterocycles. The van der Waals surface area contributed by atoms with Crippen molar-refractivity contribution < 1.29 is 9.53 Å². The van der Waals surface area contributed by atoms with Gasteiger partial charge in [-0.15, -0.1) is 12.3 Å². The maximum absolute atomic E-state index is 11.6. The summed E-state index contributed by atoms with van der Waals surface area (Å²) in [5, 5.41) is 0. The van der Waals surface area contributed by atoms with E-state index in [0.29, 0.717) is 12.8 Å². The van der Waals surface area contributed by atoms with Crippen molar-refractivity contribution in [1.29, 1.82) is 0 Å². The Kier molecular flexibility index (Phi) is 3.50. The number of ether oxygens (including phenoxy) is 1. The number of ketones is 1. The van der Waals surface area contributed by atoms with Crippen LogP contribution in [0, 0.1) is 12.3 Å². The molecule has 0 N–H and O–H groups in total. The molecule has 13 heavy (non-hydrogen) atoms. The van der Waals surface area contributed by atoms with Gasteiger partial charge in [-0.1, -0.05) is 0 Å². The zero-order valence-electron chi connectivity index (χ0n) is 8.14. The van der Waals surface area contributed by atoms with Crippen LogP contribution in [0.4, 0.5) is 0 Å². The van der Waals surface area contributed by atoms with E-state index in [4.69, 9.17) is 11.2 Å². The highest BCUT2D eigenvalue weighted by Gasteiger charge is 2.36. The second-order valence-electron chi connectivity index (χ2n) is 3.66. The lowest BCUT2D eigenvalue weighted by atomic mass is 9.94. The van der Waals surface area contributed by atoms with Crippen molar-refractivity contribution in [3.05, 3.63) is 0 Å². The van der Waals surface area contributed by atoms with Crippen molar-refractivity contribution in [2.45, 2.75) is 44.6 Å². The van der Waals surface area contributed by atoms with E-state index in [1.54, 1.807) is 0 Å². The number of hydrogen-bond donors (Lipinski definition) is 0. The van der Waals surface area contributed by atoms with Gasteiger partial charge >= 0.3 is 0 Å². The van der Waals surface area contributed by atoms with Crippen molar-refractivity contribution >= 4 is 5.78 Å². The van der Waals surface area contributed by atoms with Crippen molar-refractivity contribution in [1.82, 2.24) is 0 Å². The Morgan fingerprint density at radius 1 is 1.69 bits per heavy atom. The van der Waals surface area contributed by atoms with E-state index >= 15 is 0 Å². The highest BCUT2D eigenvalue weighted by molar-refractivity contribution is 5.87. The molecule has 1 atom stereocenters. The molecule has 0 aromatic rings. The Labute approximate surface area is 79.7 Å². The summed E-state index contributed by atoms with van der Waals surface area (Å²) in [4.78, 5) is 11.6. The highest BCUT2D eigenvalue weighted by Crippen LogP contribution is 2.27. The maximum Gasteiger partial charge on any atom is 0.164 e. The summed E-state index contributed by atoms with van der Waals surface area (Å²) in [6, 6.07) is 0. The zero-order valence-corrected chi connectivity index (χ0v) is 8.14. The molecule has 1 heterocycles. The van der Waals surface area contributed by atoms with Gasteiger partial charge in [0.25, 0.3) is 0 Å². The minimum absolute atomic E-state index is 0.209. The number of unbranched alkanes of at least 4 members (excludes halogenated alkanes) is 1. The van der Waals surface area contributed by atoms with Crippen molar-refractivity contribution in [2.75, 3.05) is 6.61 Å². The molecule has 2 nitrogen and oxygen atoms in total. The van der Waals surface area contributed by atoms with Gasteiger partial charge in [-0.05, 0) is 26.2 Å². The summed E-state index contributed by atoms with van der Waals surface area (Å²) < 4.78 is 5.43. The normalized spacial score (nSPS) is 27.1. The first-order valence-electron chi connectivity index (χ1n) is 4.80. The second-order valence-corrected chi connectivity index (χ2v) is 3.66. The number of carbonyl (C=O) groups is 1. The summed E-state index contributed by atoms with van der Waals surface area (Å²) in [6.07, 6.45) is 8.99. The van der Waals surface area contributed by atoms with Crippen LogP contribution in [0.2, 0.25) is 0 Å². The SMILES string of the molecule is C#CCCCC(=O)C1(C)CCCO1. The van der Waals surface area contributed by atoms with E-state index in [9.17, 15) is 4.79 Å². The number of rotatable bonds is 4. The molecule has 2 heteroatoms. The van der Waals surface area contributed by atoms with Crippen molar-refractivity contribution in [2.24, 2.45) is 0 Å². The van der Waals surface area contributed by atoms with Crippen LogP contribution < -0.4 is 0 Å². The van der Waals surface area contributed by atoms with Crippen LogP contribution >= 0.6 is 0 Å². The van der Waals surface area contributed by atoms with Gasteiger partial charge in [-0.2, -0.15) is 0 Å². The largest absolute Gasteiger partial charge is 0.368 e. The fourth-order valence-corrected chi connectivity index (χ4v) is 1.61. The van der Waals surface area contributed by atoms with Crippen LogP contribution in [0.1, 0.15) is 39.0 Å². The first-order valence-corrected chi connectivity index (χ1v) is 4.80. The molecule has 0 radical (unpaired) electrons. The molecule has 0 aromatic carbocycles. The van der Waals surface area contributed by atoms with Gasteiger partial charge in [0.15, 0.2) is 5.78 Å². The van der Waals surface area contributed by atoms with Crippen LogP contribution in [-0.2, 0) is 9.53 Å². The van der Waals surface area contributed by atoms with E-state index in [-0.39, 0.29) is 5.78 Å². The fraction of sp³-hybridized carbons (Fsp3) is 0.727. The quantitative estimate of drug-likeness (QED) is 0.488. The monoisotopic (exact) mass is 180 g/mol. The van der Waals surface area contributed by atoms with Crippen LogP contribution in [0.3, 0.4) is 0 Å². The topological polar surface area (TPSA) is 26.3 Å². The number of carbonyl (C=O) groups excluding carboxylic acids is 1. The molecule has 0 aliphatic carbocycles. The van der Waals surface area contributed by atoms with E-state index < -0.39 is 5.60 Å². The minimum Gasteiger partial charge on any atom is -0.368 e. The van der Waals surface area contributed by atoms with E-state index in [1.807, 2.05) is 6.92 Å². The predicted octanol–water partition coefficient (Wildman–Crippen LogP) is 1.93. The number of Topliss-reactive ketones (excluding diaryl/α,β-unsaturated/α-hetero) is 1. The standard InChI is InChI=1S/C11H16O2/c1-3-4-5-7-10(12)11(2)8-6-9-13-11/h1H,4-9H2,2H3. The average Bonchev–Trinajstić information content (AvgIpc) is 2.54. The van der Waals surface area contributed by atoms with Crippen LogP contribution in [0.15, 0.2) is 0 Å². The molecule has 1 fully saturated rings. The first-order chi connectivity index (χ1) is 6.19. The second kappa shape index (κ2) is 4.43. The summed E-state index contributed by atoms with van der Waals surface area (Å²) in [6.45, 7) is 2.61. The first kappa shape index (κ1) is 10.3. The number of hydrogen-bond acceptors (Lipinski definition) is 2. The third-order valence-electron chi connectivity index (χ3n) is 2.53. The Balaban J connectivity index is 2.34. The average molecular weight is 180 g/mol. The molecule has 72 valence electrons. The summed E-state index contributed by atoms with van der Waals surface area (Å²) >= 11 is 0. The van der Waals surface area contributed by atoms with Gasteiger partial charge in [0.2, 0.25) is 0 Å². The van der Waals surface area contributed by atoms with Gasteiger partial charge < -0.3 is 4.74 Å². The van der Waals surface area contributed by atoms with Crippen molar-refractivity contribution in [3.8, 4) is 12.3 Å². The van der Waals surface area contributed by atoms with Crippen LogP contribution in [0.5, 0.6) is 0 Å². The van der Waals surface area contributed by atoms with Gasteiger partial charge in [-0.3, -0.25) is 4.79 Å². The Morgan fingerprint density at radius 3 is 3.00 bits per heavy atom. The molecule has 1 aliphatic heterocycles. The molecule has 1 unspecified atom stereocenters. The predicted molar refractivity (Wildman–Crippen MR) is 51.3 cm³/mol. The molecule has 0 spiro atoms. The fourth-order valence-electron chi connectivity index (χ4n) is 1.61. The summed E-state index contributed by atoms with van der Waals surface area (Å²) in [7, 11) is 0.